The zero-order valence-electron chi connectivity index (χ0n) is 15.6. The zero-order chi connectivity index (χ0) is 19.7. The summed E-state index contributed by atoms with van der Waals surface area (Å²) in [6, 6.07) is 11.2. The standard InChI is InChI=1S/C20H22N6O2/c1-13-15(12-22-26(13)14-7-3-2-4-8-14)20(28)25-10-6-5-9-18(25)16-11-17(19(21)27)24-23-16/h2-4,7-8,11-12,18H,5-6,9-10H2,1H3,(H2,21,27)(H,23,24). The minimum Gasteiger partial charge on any atom is -0.364 e. The lowest BCUT2D eigenvalue weighted by atomic mass is 9.98. The Labute approximate surface area is 162 Å². The van der Waals surface area contributed by atoms with E-state index in [1.165, 1.54) is 0 Å². The fraction of sp³-hybridized carbons (Fsp3) is 0.300. The monoisotopic (exact) mass is 378 g/mol. The van der Waals surface area contributed by atoms with Gasteiger partial charge in [-0.05, 0) is 44.4 Å². The highest BCUT2D eigenvalue weighted by atomic mass is 16.2. The smallest absolute Gasteiger partial charge is 0.269 e. The van der Waals surface area contributed by atoms with Crippen molar-refractivity contribution in [3.8, 4) is 5.69 Å². The molecule has 1 aliphatic rings. The van der Waals surface area contributed by atoms with Gasteiger partial charge in [-0.25, -0.2) is 4.68 Å². The number of nitrogens with two attached hydrogens (primary N) is 1. The number of piperidine rings is 1. The van der Waals surface area contributed by atoms with Crippen molar-refractivity contribution in [3.05, 3.63) is 65.2 Å². The summed E-state index contributed by atoms with van der Waals surface area (Å²) >= 11 is 0. The highest BCUT2D eigenvalue weighted by Gasteiger charge is 2.32. The van der Waals surface area contributed by atoms with Crippen LogP contribution in [-0.4, -0.2) is 43.2 Å². The Morgan fingerprint density at radius 3 is 2.71 bits per heavy atom. The third-order valence-corrected chi connectivity index (χ3v) is 5.21. The number of aromatic amines is 1. The molecule has 3 heterocycles. The number of amides is 2. The molecular weight excluding hydrogens is 356 g/mol. The molecule has 1 unspecified atom stereocenters. The number of para-hydroxylation sites is 1. The molecule has 8 nitrogen and oxygen atoms in total. The summed E-state index contributed by atoms with van der Waals surface area (Å²) in [5.41, 5.74) is 8.50. The van der Waals surface area contributed by atoms with Gasteiger partial charge in [0.15, 0.2) is 0 Å². The van der Waals surface area contributed by atoms with Gasteiger partial charge in [-0.15, -0.1) is 0 Å². The van der Waals surface area contributed by atoms with E-state index in [-0.39, 0.29) is 17.6 Å². The first kappa shape index (κ1) is 18.0. The molecule has 4 rings (SSSR count). The molecule has 1 aromatic carbocycles. The minimum atomic E-state index is -0.587. The van der Waals surface area contributed by atoms with Crippen molar-refractivity contribution in [2.75, 3.05) is 6.54 Å². The van der Waals surface area contributed by atoms with Crippen molar-refractivity contribution in [3.63, 3.8) is 0 Å². The van der Waals surface area contributed by atoms with Crippen LogP contribution in [0.3, 0.4) is 0 Å². The Kier molecular flexibility index (Phi) is 4.68. The van der Waals surface area contributed by atoms with Gasteiger partial charge >= 0.3 is 0 Å². The van der Waals surface area contributed by atoms with Crippen LogP contribution in [0.15, 0.2) is 42.6 Å². The van der Waals surface area contributed by atoms with Crippen molar-refractivity contribution in [2.24, 2.45) is 5.73 Å². The molecule has 0 bridgehead atoms. The highest BCUT2D eigenvalue weighted by molar-refractivity contribution is 5.95. The van der Waals surface area contributed by atoms with Gasteiger partial charge in [0, 0.05) is 6.54 Å². The maximum atomic E-state index is 13.3. The van der Waals surface area contributed by atoms with Gasteiger partial charge in [0.2, 0.25) is 0 Å². The van der Waals surface area contributed by atoms with Gasteiger partial charge in [0.25, 0.3) is 11.8 Å². The normalized spacial score (nSPS) is 16.9. The van der Waals surface area contributed by atoms with Crippen LogP contribution in [0.5, 0.6) is 0 Å². The van der Waals surface area contributed by atoms with E-state index < -0.39 is 5.91 Å². The topological polar surface area (TPSA) is 110 Å². The Morgan fingerprint density at radius 1 is 1.21 bits per heavy atom. The molecule has 1 atom stereocenters. The summed E-state index contributed by atoms with van der Waals surface area (Å²) in [6.45, 7) is 2.54. The molecule has 2 amide bonds. The third kappa shape index (κ3) is 3.17. The molecule has 0 aliphatic carbocycles. The van der Waals surface area contributed by atoms with Crippen LogP contribution in [0.25, 0.3) is 5.69 Å². The number of benzene rings is 1. The molecule has 8 heteroatoms. The quantitative estimate of drug-likeness (QED) is 0.726. The van der Waals surface area contributed by atoms with E-state index in [1.54, 1.807) is 16.9 Å². The second-order valence-corrected chi connectivity index (χ2v) is 6.97. The molecule has 0 radical (unpaired) electrons. The number of rotatable bonds is 4. The fourth-order valence-corrected chi connectivity index (χ4v) is 3.74. The summed E-state index contributed by atoms with van der Waals surface area (Å²) in [4.78, 5) is 26.5. The van der Waals surface area contributed by atoms with Crippen molar-refractivity contribution < 1.29 is 9.59 Å². The van der Waals surface area contributed by atoms with E-state index in [0.717, 1.165) is 36.3 Å². The van der Waals surface area contributed by atoms with Gasteiger partial charge in [-0.1, -0.05) is 18.2 Å². The number of hydrogen-bond acceptors (Lipinski definition) is 4. The predicted octanol–water partition coefficient (Wildman–Crippen LogP) is 2.37. The minimum absolute atomic E-state index is 0.0698. The SMILES string of the molecule is Cc1c(C(=O)N2CCCCC2c2cc(C(N)=O)n[nH]2)cnn1-c1ccccc1. The predicted molar refractivity (Wildman–Crippen MR) is 103 cm³/mol. The van der Waals surface area contributed by atoms with Crippen LogP contribution in [-0.2, 0) is 0 Å². The highest BCUT2D eigenvalue weighted by Crippen LogP contribution is 2.32. The molecule has 1 saturated heterocycles. The average molecular weight is 378 g/mol. The lowest BCUT2D eigenvalue weighted by Crippen LogP contribution is -2.38. The summed E-state index contributed by atoms with van der Waals surface area (Å²) < 4.78 is 1.77. The molecule has 3 N–H and O–H groups in total. The van der Waals surface area contributed by atoms with Crippen molar-refractivity contribution >= 4 is 11.8 Å². The Balaban J connectivity index is 1.64. The number of H-pyrrole nitrogens is 1. The van der Waals surface area contributed by atoms with Crippen LogP contribution < -0.4 is 5.73 Å². The lowest BCUT2D eigenvalue weighted by molar-refractivity contribution is 0.0605. The van der Waals surface area contributed by atoms with Crippen LogP contribution in [0.2, 0.25) is 0 Å². The fourth-order valence-electron chi connectivity index (χ4n) is 3.74. The first-order valence-corrected chi connectivity index (χ1v) is 9.32. The van der Waals surface area contributed by atoms with Crippen LogP contribution in [0.1, 0.15) is 57.5 Å². The molecule has 144 valence electrons. The molecular formula is C20H22N6O2. The summed E-state index contributed by atoms with van der Waals surface area (Å²) in [7, 11) is 0. The lowest BCUT2D eigenvalue weighted by Gasteiger charge is -2.35. The molecule has 1 aliphatic heterocycles. The summed E-state index contributed by atoms with van der Waals surface area (Å²) in [5.74, 6) is -0.657. The second kappa shape index (κ2) is 7.30. The number of hydrogen-bond donors (Lipinski definition) is 2. The van der Waals surface area contributed by atoms with Gasteiger partial charge < -0.3 is 10.6 Å². The summed E-state index contributed by atoms with van der Waals surface area (Å²) in [5, 5.41) is 11.3. The van der Waals surface area contributed by atoms with Gasteiger partial charge in [0.1, 0.15) is 5.69 Å². The third-order valence-electron chi connectivity index (χ3n) is 5.21. The Morgan fingerprint density at radius 2 is 2.00 bits per heavy atom. The maximum Gasteiger partial charge on any atom is 0.269 e. The average Bonchev–Trinajstić information content (AvgIpc) is 3.35. The van der Waals surface area contributed by atoms with Gasteiger partial charge in [-0.3, -0.25) is 14.7 Å². The molecule has 3 aromatic rings. The largest absolute Gasteiger partial charge is 0.364 e. The maximum absolute atomic E-state index is 13.3. The van der Waals surface area contributed by atoms with E-state index in [1.807, 2.05) is 42.2 Å². The number of primary amides is 1. The number of likely N-dealkylation sites (tertiary alicyclic amines) is 1. The first-order valence-electron chi connectivity index (χ1n) is 9.32. The second-order valence-electron chi connectivity index (χ2n) is 6.97. The number of carbonyl (C=O) groups excluding carboxylic acids is 2. The Hall–Kier alpha value is -3.42. The van der Waals surface area contributed by atoms with E-state index in [0.29, 0.717) is 12.1 Å². The first-order chi connectivity index (χ1) is 13.6. The van der Waals surface area contributed by atoms with E-state index >= 15 is 0 Å². The van der Waals surface area contributed by atoms with Crippen LogP contribution in [0, 0.1) is 6.92 Å². The molecule has 28 heavy (non-hydrogen) atoms. The van der Waals surface area contributed by atoms with Gasteiger partial charge in [-0.2, -0.15) is 10.2 Å². The van der Waals surface area contributed by atoms with Crippen LogP contribution >= 0.6 is 0 Å². The Bertz CT molecular complexity index is 1010. The number of nitrogens with one attached hydrogen (secondary N) is 1. The molecule has 1 fully saturated rings. The van der Waals surface area contributed by atoms with Crippen molar-refractivity contribution in [1.82, 2.24) is 24.9 Å². The van der Waals surface area contributed by atoms with E-state index in [9.17, 15) is 9.59 Å². The number of nitrogens with zero attached hydrogens (tertiary/aromatic N) is 4. The number of aromatic nitrogens is 4. The van der Waals surface area contributed by atoms with Crippen LogP contribution in [0.4, 0.5) is 0 Å². The molecule has 2 aromatic heterocycles. The zero-order valence-corrected chi connectivity index (χ0v) is 15.6. The summed E-state index contributed by atoms with van der Waals surface area (Å²) in [6.07, 6.45) is 4.36. The molecule has 0 spiro atoms. The van der Waals surface area contributed by atoms with Gasteiger partial charge in [0.05, 0.1) is 34.9 Å². The number of carbonyl (C=O) groups is 2. The van der Waals surface area contributed by atoms with E-state index in [4.69, 9.17) is 5.73 Å². The van der Waals surface area contributed by atoms with Crippen molar-refractivity contribution in [1.29, 1.82) is 0 Å². The van der Waals surface area contributed by atoms with Crippen molar-refractivity contribution in [2.45, 2.75) is 32.2 Å². The molecule has 0 saturated carbocycles. The van der Waals surface area contributed by atoms with E-state index in [2.05, 4.69) is 15.3 Å².